The van der Waals surface area contributed by atoms with Crippen molar-refractivity contribution in [1.29, 1.82) is 5.26 Å². The molecule has 0 aromatic rings. The molecule has 2 heterocycles. The van der Waals surface area contributed by atoms with Gasteiger partial charge in [-0.1, -0.05) is 19.9 Å². The lowest BCUT2D eigenvalue weighted by atomic mass is 9.76. The summed E-state index contributed by atoms with van der Waals surface area (Å²) >= 11 is 1.66. The summed E-state index contributed by atoms with van der Waals surface area (Å²) in [5.74, 6) is 0.837. The average Bonchev–Trinajstić information content (AvgIpc) is 2.80. The summed E-state index contributed by atoms with van der Waals surface area (Å²) in [5, 5.41) is 9.15. The Morgan fingerprint density at radius 1 is 1.72 bits per heavy atom. The van der Waals surface area contributed by atoms with Gasteiger partial charge in [0.2, 0.25) is 5.91 Å². The van der Waals surface area contributed by atoms with Crippen LogP contribution in [0.3, 0.4) is 0 Å². The van der Waals surface area contributed by atoms with Crippen LogP contribution in [0.25, 0.3) is 0 Å². The van der Waals surface area contributed by atoms with E-state index in [2.05, 4.69) is 12.6 Å². The average molecular weight is 265 g/mol. The molecule has 0 aliphatic carbocycles. The van der Waals surface area contributed by atoms with Gasteiger partial charge >= 0.3 is 0 Å². The van der Waals surface area contributed by atoms with Crippen molar-refractivity contribution in [2.75, 3.05) is 5.75 Å². The summed E-state index contributed by atoms with van der Waals surface area (Å²) in [6.07, 6.45) is 2.40. The molecular weight excluding hydrogens is 246 g/mol. The van der Waals surface area contributed by atoms with Crippen LogP contribution in [0.2, 0.25) is 0 Å². The second-order valence-corrected chi connectivity index (χ2v) is 6.61. The molecule has 2 fully saturated rings. The zero-order valence-corrected chi connectivity index (χ0v) is 11.6. The number of nitrogens with zero attached hydrogens (tertiary/aromatic N) is 2. The summed E-state index contributed by atoms with van der Waals surface area (Å²) in [4.78, 5) is 14.3. The highest BCUT2D eigenvalue weighted by Gasteiger charge is 2.57. The predicted molar refractivity (Wildman–Crippen MR) is 72.6 cm³/mol. The maximum Gasteiger partial charge on any atom is 0.245 e. The number of hydrogen-bond donors (Lipinski definition) is 1. The highest BCUT2D eigenvalue weighted by molar-refractivity contribution is 8.00. The van der Waals surface area contributed by atoms with Gasteiger partial charge in [0.1, 0.15) is 11.6 Å². The van der Waals surface area contributed by atoms with Crippen LogP contribution in [0.4, 0.5) is 0 Å². The van der Waals surface area contributed by atoms with Gasteiger partial charge in [0.15, 0.2) is 0 Å². The zero-order chi connectivity index (χ0) is 13.5. The SMILES string of the molecule is C=CC(C(C)C)[C@@]1(N)C[C@@H]2SC[C@@H](C#N)N2C1=O. The van der Waals surface area contributed by atoms with E-state index in [4.69, 9.17) is 11.0 Å². The van der Waals surface area contributed by atoms with E-state index in [1.807, 2.05) is 13.8 Å². The van der Waals surface area contributed by atoms with Gasteiger partial charge in [-0.05, 0) is 5.92 Å². The van der Waals surface area contributed by atoms with E-state index in [1.165, 1.54) is 0 Å². The maximum absolute atomic E-state index is 12.6. The molecule has 2 rings (SSSR count). The van der Waals surface area contributed by atoms with Crippen LogP contribution in [0.5, 0.6) is 0 Å². The molecule has 0 spiro atoms. The first-order chi connectivity index (χ1) is 8.45. The Morgan fingerprint density at radius 2 is 2.39 bits per heavy atom. The Morgan fingerprint density at radius 3 is 2.89 bits per heavy atom. The highest BCUT2D eigenvalue weighted by atomic mass is 32.2. The van der Waals surface area contributed by atoms with Gasteiger partial charge < -0.3 is 10.6 Å². The van der Waals surface area contributed by atoms with Crippen molar-refractivity contribution in [2.24, 2.45) is 17.6 Å². The highest BCUT2D eigenvalue weighted by Crippen LogP contribution is 2.45. The van der Waals surface area contributed by atoms with Crippen LogP contribution in [0.1, 0.15) is 20.3 Å². The van der Waals surface area contributed by atoms with Gasteiger partial charge in [-0.3, -0.25) is 4.79 Å². The molecular formula is C13H19N3OS. The molecule has 0 bridgehead atoms. The first-order valence-corrected chi connectivity index (χ1v) is 7.26. The molecule has 1 unspecified atom stereocenters. The summed E-state index contributed by atoms with van der Waals surface area (Å²) in [6, 6.07) is 1.87. The van der Waals surface area contributed by atoms with Gasteiger partial charge in [0.25, 0.3) is 0 Å². The van der Waals surface area contributed by atoms with Crippen molar-refractivity contribution in [3.8, 4) is 6.07 Å². The lowest BCUT2D eigenvalue weighted by Crippen LogP contribution is -2.55. The number of nitrogens with two attached hydrogens (primary N) is 1. The number of fused-ring (bicyclic) bond motifs is 1. The minimum absolute atomic E-state index is 0.0458. The van der Waals surface area contributed by atoms with Crippen molar-refractivity contribution in [3.05, 3.63) is 12.7 Å². The Labute approximate surface area is 112 Å². The van der Waals surface area contributed by atoms with Crippen molar-refractivity contribution >= 4 is 17.7 Å². The van der Waals surface area contributed by atoms with Crippen LogP contribution < -0.4 is 5.73 Å². The minimum Gasteiger partial charge on any atom is -0.317 e. The molecule has 0 aromatic carbocycles. The largest absolute Gasteiger partial charge is 0.317 e. The molecule has 2 aliphatic heterocycles. The number of hydrogen-bond acceptors (Lipinski definition) is 4. The first-order valence-electron chi connectivity index (χ1n) is 6.21. The number of carbonyl (C=O) groups excluding carboxylic acids is 1. The van der Waals surface area contributed by atoms with Crippen molar-refractivity contribution in [2.45, 2.75) is 37.2 Å². The van der Waals surface area contributed by atoms with E-state index in [9.17, 15) is 4.79 Å². The molecule has 5 heteroatoms. The lowest BCUT2D eigenvalue weighted by molar-refractivity contribution is -0.134. The predicted octanol–water partition coefficient (Wildman–Crippen LogP) is 1.34. The standard InChI is InChI=1S/C13H19N3OS/c1-4-10(8(2)3)13(15)5-11-16(12(13)17)9(6-14)7-18-11/h4,8-11H,1,5,7,15H2,2-3H3/t9-,10?,11+,13+/m1/s1. The van der Waals surface area contributed by atoms with Crippen LogP contribution in [0, 0.1) is 23.2 Å². The molecule has 0 aromatic heterocycles. The van der Waals surface area contributed by atoms with Gasteiger partial charge in [-0.25, -0.2) is 0 Å². The summed E-state index contributed by atoms with van der Waals surface area (Å²) in [6.45, 7) is 7.91. The van der Waals surface area contributed by atoms with Gasteiger partial charge in [-0.2, -0.15) is 5.26 Å². The van der Waals surface area contributed by atoms with Crippen molar-refractivity contribution in [3.63, 3.8) is 0 Å². The normalized spacial score (nSPS) is 36.6. The van der Waals surface area contributed by atoms with Crippen LogP contribution >= 0.6 is 11.8 Å². The summed E-state index contributed by atoms with van der Waals surface area (Å²) < 4.78 is 0. The third-order valence-electron chi connectivity index (χ3n) is 3.95. The molecule has 2 aliphatic rings. The van der Waals surface area contributed by atoms with E-state index >= 15 is 0 Å². The number of rotatable bonds is 3. The number of thioether (sulfide) groups is 1. The topological polar surface area (TPSA) is 70.1 Å². The van der Waals surface area contributed by atoms with Crippen molar-refractivity contribution < 1.29 is 4.79 Å². The van der Waals surface area contributed by atoms with E-state index in [0.29, 0.717) is 12.2 Å². The van der Waals surface area contributed by atoms with E-state index in [0.717, 1.165) is 0 Å². The number of amides is 1. The van der Waals surface area contributed by atoms with Crippen LogP contribution in [-0.4, -0.2) is 33.5 Å². The van der Waals surface area contributed by atoms with Gasteiger partial charge in [0, 0.05) is 18.1 Å². The fraction of sp³-hybridized carbons (Fsp3) is 0.692. The Hall–Kier alpha value is -0.990. The molecule has 1 amide bonds. The molecule has 98 valence electrons. The summed E-state index contributed by atoms with van der Waals surface area (Å²) in [5.41, 5.74) is 5.49. The fourth-order valence-electron chi connectivity index (χ4n) is 3.07. The smallest absolute Gasteiger partial charge is 0.245 e. The number of nitriles is 1. The third-order valence-corrected chi connectivity index (χ3v) is 5.24. The zero-order valence-electron chi connectivity index (χ0n) is 10.8. The number of carbonyl (C=O) groups is 1. The molecule has 4 nitrogen and oxygen atoms in total. The first kappa shape index (κ1) is 13.4. The third kappa shape index (κ3) is 1.75. The second kappa shape index (κ2) is 4.60. The van der Waals surface area contributed by atoms with E-state index in [-0.39, 0.29) is 29.2 Å². The molecule has 0 saturated carbocycles. The minimum atomic E-state index is -0.886. The molecule has 4 atom stereocenters. The molecule has 2 saturated heterocycles. The maximum atomic E-state index is 12.6. The van der Waals surface area contributed by atoms with E-state index in [1.54, 1.807) is 22.7 Å². The van der Waals surface area contributed by atoms with E-state index < -0.39 is 5.54 Å². The monoisotopic (exact) mass is 265 g/mol. The Bertz CT molecular complexity index is 417. The molecule has 18 heavy (non-hydrogen) atoms. The van der Waals surface area contributed by atoms with Crippen LogP contribution in [0.15, 0.2) is 12.7 Å². The molecule has 0 radical (unpaired) electrons. The second-order valence-electron chi connectivity index (χ2n) is 5.40. The lowest BCUT2D eigenvalue weighted by Gasteiger charge is -2.33. The van der Waals surface area contributed by atoms with Crippen LogP contribution in [-0.2, 0) is 4.79 Å². The van der Waals surface area contributed by atoms with Crippen molar-refractivity contribution in [1.82, 2.24) is 4.90 Å². The quantitative estimate of drug-likeness (QED) is 0.782. The Kier molecular flexibility index (Phi) is 3.43. The van der Waals surface area contributed by atoms with Gasteiger partial charge in [0.05, 0.1) is 11.4 Å². The Balaban J connectivity index is 2.31. The fourth-order valence-corrected chi connectivity index (χ4v) is 4.50. The summed E-state index contributed by atoms with van der Waals surface area (Å²) in [7, 11) is 0. The molecule has 2 N–H and O–H groups in total. The van der Waals surface area contributed by atoms with Gasteiger partial charge in [-0.15, -0.1) is 18.3 Å².